The Labute approximate surface area is 156 Å². The summed E-state index contributed by atoms with van der Waals surface area (Å²) in [7, 11) is 0. The maximum atomic E-state index is 5.54. The Kier molecular flexibility index (Phi) is 4.67. The summed E-state index contributed by atoms with van der Waals surface area (Å²) in [6, 6.07) is 7.96. The summed E-state index contributed by atoms with van der Waals surface area (Å²) in [4.78, 5) is 8.08. The highest BCUT2D eigenvalue weighted by atomic mass is 16.7. The molecule has 0 bridgehead atoms. The van der Waals surface area contributed by atoms with Gasteiger partial charge < -0.3 is 14.4 Å². The van der Waals surface area contributed by atoms with E-state index in [1.807, 2.05) is 0 Å². The highest BCUT2D eigenvalue weighted by molar-refractivity contribution is 5.57. The summed E-state index contributed by atoms with van der Waals surface area (Å²) in [5, 5.41) is 0. The number of piperidine rings is 2. The third-order valence-electron chi connectivity index (χ3n) is 6.79. The van der Waals surface area contributed by atoms with Gasteiger partial charge in [-0.25, -0.2) is 0 Å². The van der Waals surface area contributed by atoms with Crippen LogP contribution in [0.1, 0.15) is 38.5 Å². The zero-order valence-corrected chi connectivity index (χ0v) is 15.7. The van der Waals surface area contributed by atoms with Crippen molar-refractivity contribution in [1.82, 2.24) is 9.80 Å². The standard InChI is InChI=1S/C21H31N3O2/c1-2-10-22(9-1)19-4-3-11-24(15-19)17-7-12-23(13-8-17)18-5-6-20-21(14-18)26-16-25-20/h5-6,14,17,19H,1-4,7-13,15-16H2. The van der Waals surface area contributed by atoms with E-state index < -0.39 is 0 Å². The predicted molar refractivity (Wildman–Crippen MR) is 103 cm³/mol. The lowest BCUT2D eigenvalue weighted by Gasteiger charge is -2.44. The fourth-order valence-electron chi connectivity index (χ4n) is 5.29. The number of hydrogen-bond donors (Lipinski definition) is 0. The van der Waals surface area contributed by atoms with E-state index in [2.05, 4.69) is 32.9 Å². The Hall–Kier alpha value is -1.46. The van der Waals surface area contributed by atoms with Gasteiger partial charge in [0.25, 0.3) is 0 Å². The van der Waals surface area contributed by atoms with Gasteiger partial charge >= 0.3 is 0 Å². The summed E-state index contributed by atoms with van der Waals surface area (Å²) in [5.41, 5.74) is 1.28. The van der Waals surface area contributed by atoms with Crippen LogP contribution in [0.2, 0.25) is 0 Å². The van der Waals surface area contributed by atoms with Crippen molar-refractivity contribution in [3.05, 3.63) is 18.2 Å². The van der Waals surface area contributed by atoms with Crippen LogP contribution in [0.25, 0.3) is 0 Å². The lowest BCUT2D eigenvalue weighted by molar-refractivity contribution is 0.0736. The number of rotatable bonds is 3. The van der Waals surface area contributed by atoms with Crippen molar-refractivity contribution < 1.29 is 9.47 Å². The Bertz CT molecular complexity index is 624. The summed E-state index contributed by atoms with van der Waals surface area (Å²) >= 11 is 0. The molecule has 142 valence electrons. The van der Waals surface area contributed by atoms with E-state index >= 15 is 0 Å². The first kappa shape index (κ1) is 16.7. The number of benzene rings is 1. The third kappa shape index (κ3) is 3.27. The first-order valence-electron chi connectivity index (χ1n) is 10.5. The smallest absolute Gasteiger partial charge is 0.231 e. The van der Waals surface area contributed by atoms with Gasteiger partial charge in [-0.2, -0.15) is 0 Å². The molecule has 0 amide bonds. The van der Waals surface area contributed by atoms with Crippen LogP contribution in [0.5, 0.6) is 11.5 Å². The lowest BCUT2D eigenvalue weighted by atomic mass is 9.97. The molecule has 0 saturated carbocycles. The van der Waals surface area contributed by atoms with Gasteiger partial charge in [0.15, 0.2) is 11.5 Å². The van der Waals surface area contributed by atoms with E-state index in [4.69, 9.17) is 9.47 Å². The predicted octanol–water partition coefficient (Wildman–Crippen LogP) is 2.94. The molecule has 4 aliphatic rings. The average Bonchev–Trinajstić information content (AvgIpc) is 3.39. The van der Waals surface area contributed by atoms with E-state index in [-0.39, 0.29) is 0 Å². The topological polar surface area (TPSA) is 28.2 Å². The van der Waals surface area contributed by atoms with Gasteiger partial charge in [-0.05, 0) is 70.3 Å². The fraction of sp³-hybridized carbons (Fsp3) is 0.714. The number of fused-ring (bicyclic) bond motifs is 1. The minimum Gasteiger partial charge on any atom is -0.454 e. The van der Waals surface area contributed by atoms with Gasteiger partial charge in [0.05, 0.1) is 0 Å². The maximum Gasteiger partial charge on any atom is 0.231 e. The molecule has 0 aliphatic carbocycles. The second kappa shape index (κ2) is 7.28. The van der Waals surface area contributed by atoms with Crippen LogP contribution >= 0.6 is 0 Å². The van der Waals surface area contributed by atoms with Crippen molar-refractivity contribution in [2.24, 2.45) is 0 Å². The van der Waals surface area contributed by atoms with Crippen molar-refractivity contribution in [1.29, 1.82) is 0 Å². The Morgan fingerprint density at radius 3 is 2.35 bits per heavy atom. The third-order valence-corrected chi connectivity index (χ3v) is 6.79. The van der Waals surface area contributed by atoms with E-state index in [0.29, 0.717) is 6.79 Å². The summed E-state index contributed by atoms with van der Waals surface area (Å²) in [6.45, 7) is 7.92. The second-order valence-electron chi connectivity index (χ2n) is 8.29. The summed E-state index contributed by atoms with van der Waals surface area (Å²) in [5.74, 6) is 1.78. The molecule has 26 heavy (non-hydrogen) atoms. The molecule has 3 saturated heterocycles. The molecule has 5 heteroatoms. The zero-order chi connectivity index (χ0) is 17.3. The van der Waals surface area contributed by atoms with Gasteiger partial charge in [-0.15, -0.1) is 0 Å². The second-order valence-corrected chi connectivity index (χ2v) is 8.29. The Morgan fingerprint density at radius 1 is 0.731 bits per heavy atom. The quantitative estimate of drug-likeness (QED) is 0.829. The van der Waals surface area contributed by atoms with Crippen molar-refractivity contribution in [3.63, 3.8) is 0 Å². The highest BCUT2D eigenvalue weighted by Crippen LogP contribution is 2.36. The average molecular weight is 357 g/mol. The Morgan fingerprint density at radius 2 is 1.50 bits per heavy atom. The number of ether oxygens (including phenoxy) is 2. The van der Waals surface area contributed by atoms with Crippen molar-refractivity contribution >= 4 is 5.69 Å². The normalized spacial score (nSPS) is 28.0. The monoisotopic (exact) mass is 357 g/mol. The van der Waals surface area contributed by atoms with Crippen LogP contribution in [0.15, 0.2) is 18.2 Å². The first-order valence-corrected chi connectivity index (χ1v) is 10.5. The molecule has 0 radical (unpaired) electrons. The molecule has 1 aromatic carbocycles. The van der Waals surface area contributed by atoms with Crippen LogP contribution in [-0.2, 0) is 0 Å². The molecular weight excluding hydrogens is 326 g/mol. The minimum absolute atomic E-state index is 0.355. The molecular formula is C21H31N3O2. The van der Waals surface area contributed by atoms with Gasteiger partial charge in [-0.3, -0.25) is 9.80 Å². The van der Waals surface area contributed by atoms with Crippen LogP contribution in [0, 0.1) is 0 Å². The molecule has 1 atom stereocenters. The number of hydrogen-bond acceptors (Lipinski definition) is 5. The highest BCUT2D eigenvalue weighted by Gasteiger charge is 2.32. The number of nitrogens with zero attached hydrogens (tertiary/aromatic N) is 3. The molecule has 0 spiro atoms. The van der Waals surface area contributed by atoms with Crippen LogP contribution in [0.3, 0.4) is 0 Å². The van der Waals surface area contributed by atoms with E-state index in [9.17, 15) is 0 Å². The minimum atomic E-state index is 0.355. The molecule has 5 nitrogen and oxygen atoms in total. The lowest BCUT2D eigenvalue weighted by Crippen LogP contribution is -2.53. The van der Waals surface area contributed by atoms with Gasteiger partial charge in [0, 0.05) is 43.5 Å². The largest absolute Gasteiger partial charge is 0.454 e. The number of anilines is 1. The molecule has 4 aliphatic heterocycles. The zero-order valence-electron chi connectivity index (χ0n) is 15.7. The Balaban J connectivity index is 1.18. The first-order chi connectivity index (χ1) is 12.9. The maximum absolute atomic E-state index is 5.54. The molecule has 1 unspecified atom stereocenters. The number of likely N-dealkylation sites (tertiary alicyclic amines) is 2. The van der Waals surface area contributed by atoms with Crippen LogP contribution in [0.4, 0.5) is 5.69 Å². The van der Waals surface area contributed by atoms with Crippen LogP contribution in [-0.4, -0.2) is 67.9 Å². The van der Waals surface area contributed by atoms with Crippen molar-refractivity contribution in [3.8, 4) is 11.5 Å². The summed E-state index contributed by atoms with van der Waals surface area (Å²) in [6.07, 6.45) is 8.16. The fourth-order valence-corrected chi connectivity index (χ4v) is 5.29. The molecule has 1 aromatic rings. The van der Waals surface area contributed by atoms with Gasteiger partial charge in [-0.1, -0.05) is 0 Å². The summed E-state index contributed by atoms with van der Waals surface area (Å²) < 4.78 is 11.0. The molecule has 4 heterocycles. The molecule has 3 fully saturated rings. The van der Waals surface area contributed by atoms with Crippen molar-refractivity contribution in [2.45, 2.75) is 50.6 Å². The molecule has 0 N–H and O–H groups in total. The SMILES string of the molecule is c1cc2c(cc1N1CCC(N3CCCC(N4CCCC4)C3)CC1)OCO2. The van der Waals surface area contributed by atoms with Crippen molar-refractivity contribution in [2.75, 3.05) is 51.0 Å². The van der Waals surface area contributed by atoms with E-state index in [1.165, 1.54) is 70.4 Å². The van der Waals surface area contributed by atoms with Gasteiger partial charge in [0.2, 0.25) is 6.79 Å². The van der Waals surface area contributed by atoms with E-state index in [0.717, 1.165) is 36.7 Å². The van der Waals surface area contributed by atoms with E-state index in [1.54, 1.807) is 0 Å². The van der Waals surface area contributed by atoms with Crippen LogP contribution < -0.4 is 14.4 Å². The van der Waals surface area contributed by atoms with Gasteiger partial charge in [0.1, 0.15) is 0 Å². The molecule has 5 rings (SSSR count). The molecule has 0 aromatic heterocycles.